The van der Waals surface area contributed by atoms with Crippen molar-refractivity contribution in [3.8, 4) is 28.6 Å². The number of hydrogen-bond donors (Lipinski definition) is 0. The number of benzene rings is 2. The molecule has 2 bridgehead atoms. The first-order valence-electron chi connectivity index (χ1n) is 19.7. The molecule has 8 nitrogen and oxygen atoms in total. The van der Waals surface area contributed by atoms with Crippen LogP contribution in [0.1, 0.15) is 94.6 Å². The zero-order chi connectivity index (χ0) is 39.7. The van der Waals surface area contributed by atoms with Crippen molar-refractivity contribution in [2.75, 3.05) is 17.2 Å². The van der Waals surface area contributed by atoms with E-state index in [1.54, 1.807) is 12.1 Å². The third kappa shape index (κ3) is 6.63. The monoisotopic (exact) mass is 785 g/mol. The smallest absolute Gasteiger partial charge is 0.410 e. The second-order valence-corrected chi connectivity index (χ2v) is 24.0. The zero-order valence-corrected chi connectivity index (χ0v) is 35.7. The van der Waals surface area contributed by atoms with E-state index in [2.05, 4.69) is 57.9 Å². The first-order chi connectivity index (χ1) is 26.0. The van der Waals surface area contributed by atoms with Gasteiger partial charge in [-0.05, 0) is 74.4 Å². The van der Waals surface area contributed by atoms with Gasteiger partial charge in [0.05, 0.1) is 23.7 Å². The molecule has 292 valence electrons. The lowest BCUT2D eigenvalue weighted by Crippen LogP contribution is -2.65. The summed E-state index contributed by atoms with van der Waals surface area (Å²) in [7, 11) is -2.24. The fourth-order valence-corrected chi connectivity index (χ4v) is 15.4. The van der Waals surface area contributed by atoms with Crippen LogP contribution in [0.4, 0.5) is 19.4 Å². The summed E-state index contributed by atoms with van der Waals surface area (Å²) in [6.07, 6.45) is 0.775. The molecule has 7 rings (SSSR count). The van der Waals surface area contributed by atoms with Gasteiger partial charge in [0, 0.05) is 17.5 Å². The van der Waals surface area contributed by atoms with Crippen molar-refractivity contribution >= 4 is 53.4 Å². The van der Waals surface area contributed by atoms with Crippen LogP contribution in [-0.4, -0.2) is 76.1 Å². The molecule has 4 atom stereocenters. The number of carbonyl (C=O) groups is 1. The number of piperazine rings is 1. The molecule has 1 amide bonds. The van der Waals surface area contributed by atoms with Gasteiger partial charge in [-0.25, -0.2) is 28.5 Å². The fraction of sp³-hybridized carbons (Fsp3) is 0.535. The van der Waals surface area contributed by atoms with Crippen molar-refractivity contribution in [3.05, 3.63) is 47.5 Å². The second-order valence-electron chi connectivity index (χ2n) is 17.2. The number of nitrogens with zero attached hydrogens (tertiary/aromatic N) is 5. The molecule has 3 aliphatic heterocycles. The number of ether oxygens (including phenoxy) is 2. The number of pyridine rings is 1. The maximum absolute atomic E-state index is 17.5. The highest BCUT2D eigenvalue weighted by Crippen LogP contribution is 2.47. The van der Waals surface area contributed by atoms with Gasteiger partial charge in [0.15, 0.2) is 11.0 Å². The number of rotatable bonds is 6. The maximum Gasteiger partial charge on any atom is 0.410 e. The Kier molecular flexibility index (Phi) is 10.4. The van der Waals surface area contributed by atoms with E-state index >= 15 is 8.78 Å². The van der Waals surface area contributed by atoms with Crippen LogP contribution in [0.25, 0.3) is 32.9 Å². The van der Waals surface area contributed by atoms with E-state index in [1.165, 1.54) is 17.8 Å². The normalized spacial score (nSPS) is 20.9. The maximum atomic E-state index is 17.5. The van der Waals surface area contributed by atoms with Gasteiger partial charge in [0.1, 0.15) is 48.0 Å². The number of anilines is 1. The molecule has 0 aliphatic carbocycles. The van der Waals surface area contributed by atoms with Crippen LogP contribution >= 0.6 is 11.8 Å². The largest absolute Gasteiger partial charge is 0.472 e. The van der Waals surface area contributed by atoms with Crippen LogP contribution in [0.3, 0.4) is 0 Å². The molecule has 0 radical (unpaired) electrons. The summed E-state index contributed by atoms with van der Waals surface area (Å²) in [5.74, 6) is 3.72. The van der Waals surface area contributed by atoms with Crippen LogP contribution in [0.2, 0.25) is 16.6 Å². The molecule has 0 unspecified atom stereocenters. The van der Waals surface area contributed by atoms with Gasteiger partial charge >= 0.3 is 6.09 Å². The number of amides is 1. The van der Waals surface area contributed by atoms with E-state index in [4.69, 9.17) is 24.4 Å². The lowest BCUT2D eigenvalue weighted by atomic mass is 9.96. The van der Waals surface area contributed by atoms with Crippen LogP contribution < -0.4 is 9.64 Å². The zero-order valence-electron chi connectivity index (χ0n) is 33.9. The molecule has 2 aromatic heterocycles. The lowest BCUT2D eigenvalue weighted by Gasteiger charge is -2.48. The topological polar surface area (TPSA) is 80.7 Å². The molecule has 3 aliphatic rings. The van der Waals surface area contributed by atoms with Gasteiger partial charge in [-0.2, -0.15) is 0 Å². The van der Waals surface area contributed by atoms with E-state index in [0.29, 0.717) is 56.2 Å². The highest BCUT2D eigenvalue weighted by molar-refractivity contribution is 7.99. The van der Waals surface area contributed by atoms with Crippen molar-refractivity contribution in [1.29, 1.82) is 0 Å². The van der Waals surface area contributed by atoms with Crippen LogP contribution in [0.5, 0.6) is 5.88 Å². The SMILES string of the molecule is CCSc1nc2c3c(nc(-c4cccc5ccc(F)c(C#C[Si](C(C)C)(C(C)C)C(C)C)c45)c(F)c3n1)O[C@@H](C)[C@@H]1[C@@H]3CC[C@H](CN21)N3C(=O)OC(C)(C)C. The Labute approximate surface area is 329 Å². The third-order valence-electron chi connectivity index (χ3n) is 11.9. The van der Waals surface area contributed by atoms with Crippen molar-refractivity contribution in [3.63, 3.8) is 0 Å². The minimum absolute atomic E-state index is 0.0166. The number of hydrogen-bond acceptors (Lipinski definition) is 8. The van der Waals surface area contributed by atoms with Gasteiger partial charge in [-0.3, -0.25) is 4.90 Å². The van der Waals surface area contributed by atoms with E-state index < -0.39 is 31.4 Å². The fourth-order valence-electron chi connectivity index (χ4n) is 9.67. The summed E-state index contributed by atoms with van der Waals surface area (Å²) < 4.78 is 46.2. The Hall–Kier alpha value is -3.95. The first-order valence-corrected chi connectivity index (χ1v) is 22.9. The number of halogens is 2. The second kappa shape index (κ2) is 14.5. The number of fused-ring (bicyclic) bond motifs is 6. The average molecular weight is 786 g/mol. The van der Waals surface area contributed by atoms with Crippen molar-refractivity contribution in [1.82, 2.24) is 19.9 Å². The molecular formula is C43H53F2N5O3SSi. The minimum Gasteiger partial charge on any atom is -0.472 e. The van der Waals surface area contributed by atoms with Crippen molar-refractivity contribution in [2.45, 2.75) is 141 Å². The molecule has 55 heavy (non-hydrogen) atoms. The Morgan fingerprint density at radius 3 is 2.38 bits per heavy atom. The minimum atomic E-state index is -2.24. The predicted molar refractivity (Wildman–Crippen MR) is 221 cm³/mol. The van der Waals surface area contributed by atoms with E-state index in [0.717, 1.165) is 18.2 Å². The van der Waals surface area contributed by atoms with Gasteiger partial charge in [0.25, 0.3) is 0 Å². The van der Waals surface area contributed by atoms with E-state index in [9.17, 15) is 4.79 Å². The number of thioether (sulfide) groups is 1. The van der Waals surface area contributed by atoms with Crippen LogP contribution in [0, 0.1) is 23.1 Å². The lowest BCUT2D eigenvalue weighted by molar-refractivity contribution is 0.000949. The molecular weight excluding hydrogens is 733 g/mol. The molecule has 5 heterocycles. The van der Waals surface area contributed by atoms with Gasteiger partial charge in [-0.15, -0.1) is 5.54 Å². The molecule has 12 heteroatoms. The summed E-state index contributed by atoms with van der Waals surface area (Å²) >= 11 is 1.43. The van der Waals surface area contributed by atoms with Crippen LogP contribution in [0.15, 0.2) is 35.5 Å². The molecule has 2 fully saturated rings. The summed E-state index contributed by atoms with van der Waals surface area (Å²) in [4.78, 5) is 32.4. The molecule has 4 aromatic rings. The number of carbonyl (C=O) groups excluding carboxylic acids is 1. The Morgan fingerprint density at radius 1 is 1.02 bits per heavy atom. The first kappa shape index (κ1) is 39.3. The van der Waals surface area contributed by atoms with Gasteiger partial charge in [-0.1, -0.05) is 90.4 Å². The summed E-state index contributed by atoms with van der Waals surface area (Å²) in [5.41, 5.74) is 4.88. The molecule has 0 saturated carbocycles. The standard InChI is InChI=1S/C43H53F2N5O3SSi/c1-12-54-41-47-37-34-39(48-41)49-22-28-17-19-32(50(28)42(51)53-43(9,10)11)38(49)26(8)52-40(34)46-36(35(37)45)30-15-13-14-27-16-18-31(44)29(33(27)30)20-21-55(23(2)3,24(4)5)25(6)7/h13-16,18,23-26,28,32,38H,12,17,19,22H2,1-11H3/t26-,28+,32-,38+/m0/s1. The Bertz CT molecular complexity index is 2210. The molecule has 2 aromatic carbocycles. The van der Waals surface area contributed by atoms with Crippen molar-refractivity contribution in [2.24, 2.45) is 0 Å². The molecule has 2 saturated heterocycles. The predicted octanol–water partition coefficient (Wildman–Crippen LogP) is 10.5. The van der Waals surface area contributed by atoms with Gasteiger partial charge < -0.3 is 14.4 Å². The van der Waals surface area contributed by atoms with Crippen LogP contribution in [-0.2, 0) is 4.74 Å². The Balaban J connectivity index is 1.44. The molecule has 0 spiro atoms. The highest BCUT2D eigenvalue weighted by Gasteiger charge is 2.54. The van der Waals surface area contributed by atoms with E-state index in [-0.39, 0.29) is 46.9 Å². The van der Waals surface area contributed by atoms with E-state index in [1.807, 2.05) is 51.7 Å². The summed E-state index contributed by atoms with van der Waals surface area (Å²) in [6, 6.07) is 8.04. The summed E-state index contributed by atoms with van der Waals surface area (Å²) in [5, 5.41) is 2.08. The highest BCUT2D eigenvalue weighted by atomic mass is 32.2. The van der Waals surface area contributed by atoms with Gasteiger partial charge in [0.2, 0.25) is 5.88 Å². The Morgan fingerprint density at radius 2 is 1.73 bits per heavy atom. The van der Waals surface area contributed by atoms with Crippen molar-refractivity contribution < 1.29 is 23.0 Å². The third-order valence-corrected chi connectivity index (χ3v) is 18.9. The summed E-state index contributed by atoms with van der Waals surface area (Å²) in [6.45, 7) is 23.4. The molecule has 0 N–H and O–H groups in total. The average Bonchev–Trinajstić information content (AvgIpc) is 3.35. The quantitative estimate of drug-likeness (QED) is 0.0827. The number of aromatic nitrogens is 3.